The molecule has 0 heterocycles. The molecule has 112 valence electrons. The second-order valence-corrected chi connectivity index (χ2v) is 9.50. The molecule has 0 N–H and O–H groups in total. The summed E-state index contributed by atoms with van der Waals surface area (Å²) in [4.78, 5) is -0.865. The second-order valence-electron chi connectivity index (χ2n) is 4.47. The Hall–Kier alpha value is 0.119. The quantitative estimate of drug-likeness (QED) is 0.405. The summed E-state index contributed by atoms with van der Waals surface area (Å²) in [6.07, 6.45) is 0. The van der Waals surface area contributed by atoms with Gasteiger partial charge in [-0.15, -0.1) is 0 Å². The monoisotopic (exact) mass is 426 g/mol. The third kappa shape index (κ3) is 5.06. The fourth-order valence-electron chi connectivity index (χ4n) is 2.01. The molecule has 2 atom stereocenters. The molecule has 0 radical (unpaired) electrons. The van der Waals surface area contributed by atoms with Crippen molar-refractivity contribution in [1.29, 1.82) is 0 Å². The predicted molar refractivity (Wildman–Crippen MR) is 95.1 cm³/mol. The summed E-state index contributed by atoms with van der Waals surface area (Å²) in [6, 6.07) is 20.1. The van der Waals surface area contributed by atoms with Crippen molar-refractivity contribution in [2.24, 2.45) is 0 Å². The predicted octanol–water partition coefficient (Wildman–Crippen LogP) is 5.78. The van der Waals surface area contributed by atoms with Crippen LogP contribution in [0, 0.1) is 0 Å². The molecule has 0 aromatic heterocycles. The third-order valence-corrected chi connectivity index (χ3v) is 8.88. The van der Waals surface area contributed by atoms with Crippen molar-refractivity contribution < 1.29 is 0 Å². The fourth-order valence-corrected chi connectivity index (χ4v) is 6.31. The van der Waals surface area contributed by atoms with Gasteiger partial charge in [-0.3, -0.25) is 0 Å². The fraction of sp³-hybridized carbons (Fsp3) is 0.250. The first-order valence-corrected chi connectivity index (χ1v) is 10.1. The van der Waals surface area contributed by atoms with Crippen molar-refractivity contribution in [3.63, 3.8) is 0 Å². The zero-order valence-electron chi connectivity index (χ0n) is 11.0. The van der Waals surface area contributed by atoms with Gasteiger partial charge < -0.3 is 0 Å². The van der Waals surface area contributed by atoms with Crippen LogP contribution in [0.5, 0.6) is 0 Å². The topological polar surface area (TPSA) is 0 Å². The van der Waals surface area contributed by atoms with Crippen molar-refractivity contribution in [3.05, 3.63) is 71.8 Å². The van der Waals surface area contributed by atoms with E-state index in [1.54, 1.807) is 0 Å². The Morgan fingerprint density at radius 3 is 1.19 bits per heavy atom. The molecule has 0 aliphatic heterocycles. The Labute approximate surface area is 151 Å². The van der Waals surface area contributed by atoms with Crippen LogP contribution in [0.25, 0.3) is 0 Å². The van der Waals surface area contributed by atoms with Crippen LogP contribution in [0.2, 0.25) is 0 Å². The SMILES string of the molecule is ClC(Cl)C([Se]C(c1ccccc1)C(Cl)Cl)c1ccccc1. The van der Waals surface area contributed by atoms with Gasteiger partial charge >= 0.3 is 152 Å². The average Bonchev–Trinajstić information content (AvgIpc) is 2.49. The van der Waals surface area contributed by atoms with E-state index in [-0.39, 0.29) is 24.6 Å². The van der Waals surface area contributed by atoms with E-state index < -0.39 is 9.67 Å². The van der Waals surface area contributed by atoms with E-state index in [0.29, 0.717) is 0 Å². The van der Waals surface area contributed by atoms with Crippen LogP contribution >= 0.6 is 46.4 Å². The number of hydrogen-bond donors (Lipinski definition) is 0. The maximum atomic E-state index is 6.21. The van der Waals surface area contributed by atoms with Gasteiger partial charge in [0, 0.05) is 0 Å². The summed E-state index contributed by atoms with van der Waals surface area (Å²) < 4.78 is 0. The van der Waals surface area contributed by atoms with Crippen LogP contribution in [0.1, 0.15) is 20.8 Å². The van der Waals surface area contributed by atoms with Crippen LogP contribution in [0.4, 0.5) is 0 Å². The molecule has 0 saturated heterocycles. The minimum atomic E-state index is -0.481. The number of hydrogen-bond acceptors (Lipinski definition) is 0. The molecule has 0 nitrogen and oxygen atoms in total. The molecule has 2 aromatic rings. The van der Waals surface area contributed by atoms with Crippen molar-refractivity contribution in [2.75, 3.05) is 0 Å². The summed E-state index contributed by atoms with van der Waals surface area (Å²) in [7, 11) is 0. The van der Waals surface area contributed by atoms with Crippen LogP contribution in [0.15, 0.2) is 60.7 Å². The van der Waals surface area contributed by atoms with Gasteiger partial charge in [0.1, 0.15) is 0 Å². The molecule has 21 heavy (non-hydrogen) atoms. The Morgan fingerprint density at radius 1 is 0.571 bits per heavy atom. The third-order valence-electron chi connectivity index (χ3n) is 3.01. The molecule has 5 heteroatoms. The van der Waals surface area contributed by atoms with E-state index in [1.807, 2.05) is 60.7 Å². The summed E-state index contributed by atoms with van der Waals surface area (Å²) in [5.74, 6) is 0. The molecular formula is C16H14Cl4Se. The van der Waals surface area contributed by atoms with Gasteiger partial charge in [0.2, 0.25) is 0 Å². The normalized spacial score (nSPS) is 14.4. The van der Waals surface area contributed by atoms with Gasteiger partial charge in [-0.25, -0.2) is 0 Å². The van der Waals surface area contributed by atoms with Gasteiger partial charge in [0.25, 0.3) is 0 Å². The number of alkyl halides is 4. The van der Waals surface area contributed by atoms with Gasteiger partial charge in [0.05, 0.1) is 0 Å². The Morgan fingerprint density at radius 2 is 0.905 bits per heavy atom. The molecule has 2 unspecified atom stereocenters. The Kier molecular flexibility index (Phi) is 7.22. The van der Waals surface area contributed by atoms with E-state index in [1.165, 1.54) is 0 Å². The van der Waals surface area contributed by atoms with Crippen LogP contribution in [0.3, 0.4) is 0 Å². The van der Waals surface area contributed by atoms with Crippen LogP contribution in [-0.2, 0) is 0 Å². The first kappa shape index (κ1) is 17.5. The number of benzene rings is 2. The second kappa shape index (κ2) is 8.67. The Bertz CT molecular complexity index is 481. The average molecular weight is 427 g/mol. The van der Waals surface area contributed by atoms with E-state index in [9.17, 15) is 0 Å². The Balaban J connectivity index is 2.25. The molecule has 2 rings (SSSR count). The summed E-state index contributed by atoms with van der Waals surface area (Å²) in [6.45, 7) is 0. The zero-order chi connectivity index (χ0) is 15.2. The van der Waals surface area contributed by atoms with E-state index >= 15 is 0 Å². The van der Waals surface area contributed by atoms with Gasteiger partial charge in [-0.05, 0) is 0 Å². The van der Waals surface area contributed by atoms with E-state index in [2.05, 4.69) is 0 Å². The van der Waals surface area contributed by atoms with Gasteiger partial charge in [-0.2, -0.15) is 0 Å². The summed E-state index contributed by atoms with van der Waals surface area (Å²) in [5, 5.41) is 0. The molecular weight excluding hydrogens is 413 g/mol. The molecule has 0 amide bonds. The molecule has 0 fully saturated rings. The summed E-state index contributed by atoms with van der Waals surface area (Å²) in [5.41, 5.74) is 2.25. The number of rotatable bonds is 6. The summed E-state index contributed by atoms with van der Waals surface area (Å²) >= 11 is 24.9. The molecule has 2 aromatic carbocycles. The molecule has 0 aliphatic rings. The molecule has 0 saturated carbocycles. The van der Waals surface area contributed by atoms with Crippen LogP contribution in [-0.4, -0.2) is 24.6 Å². The van der Waals surface area contributed by atoms with Crippen molar-refractivity contribution >= 4 is 61.4 Å². The van der Waals surface area contributed by atoms with Crippen molar-refractivity contribution in [3.8, 4) is 0 Å². The van der Waals surface area contributed by atoms with Crippen molar-refractivity contribution in [2.45, 2.75) is 19.3 Å². The van der Waals surface area contributed by atoms with E-state index in [0.717, 1.165) is 11.1 Å². The molecule has 0 aliphatic carbocycles. The first-order valence-electron chi connectivity index (χ1n) is 6.41. The molecule has 0 bridgehead atoms. The number of halogens is 4. The minimum absolute atomic E-state index is 0.0328. The zero-order valence-corrected chi connectivity index (χ0v) is 15.7. The van der Waals surface area contributed by atoms with E-state index in [4.69, 9.17) is 46.4 Å². The molecule has 0 spiro atoms. The van der Waals surface area contributed by atoms with Gasteiger partial charge in [-0.1, -0.05) is 0 Å². The standard InChI is InChI=1S/C16H14Cl4Se/c17-15(18)13(11-7-3-1-4-8-11)21-14(16(19)20)12-9-5-2-6-10-12/h1-10,13-16H. The van der Waals surface area contributed by atoms with Gasteiger partial charge in [0.15, 0.2) is 0 Å². The first-order chi connectivity index (χ1) is 10.1. The van der Waals surface area contributed by atoms with Crippen LogP contribution < -0.4 is 0 Å². The maximum absolute atomic E-state index is 6.21. The van der Waals surface area contributed by atoms with Crippen molar-refractivity contribution in [1.82, 2.24) is 0 Å².